The van der Waals surface area contributed by atoms with Crippen molar-refractivity contribution >= 4 is 23.1 Å². The number of benzene rings is 2. The molecule has 0 unspecified atom stereocenters. The molecule has 1 heterocycles. The van der Waals surface area contributed by atoms with Gasteiger partial charge in [-0.05, 0) is 43.7 Å². The van der Waals surface area contributed by atoms with Crippen LogP contribution in [0.5, 0.6) is 0 Å². The van der Waals surface area contributed by atoms with Gasteiger partial charge in [0.25, 0.3) is 0 Å². The van der Waals surface area contributed by atoms with Gasteiger partial charge in [-0.1, -0.05) is 54.8 Å². The topological polar surface area (TPSA) is 53.6 Å². The van der Waals surface area contributed by atoms with E-state index < -0.39 is 0 Å². The van der Waals surface area contributed by atoms with Crippen LogP contribution in [0.1, 0.15) is 18.1 Å². The zero-order chi connectivity index (χ0) is 18.5. The summed E-state index contributed by atoms with van der Waals surface area (Å²) in [5.41, 5.74) is 6.28. The molecule has 3 rings (SSSR count). The molecule has 3 aromatic rings. The monoisotopic (exact) mass is 362 g/mol. The first-order chi connectivity index (χ1) is 12.5. The van der Waals surface area contributed by atoms with Gasteiger partial charge < -0.3 is 5.32 Å². The first-order valence-corrected chi connectivity index (χ1v) is 9.33. The first kappa shape index (κ1) is 18.0. The van der Waals surface area contributed by atoms with Crippen molar-refractivity contribution in [3.8, 4) is 11.4 Å². The number of rotatable bonds is 7. The fourth-order valence-corrected chi connectivity index (χ4v) is 3.13. The standard InChI is InChI=1S/C21H22N4S/c1-14(2)13-26-21-23-20(24-25-21)17-9-11-18(12-10-17)22-16(4)19-8-6-5-7-15(19)3/h5-12,22H,1,4,13H2,2-3H3,(H,23,24,25). The predicted molar refractivity (Wildman–Crippen MR) is 111 cm³/mol. The third-order valence-electron chi connectivity index (χ3n) is 3.84. The van der Waals surface area contributed by atoms with Crippen molar-refractivity contribution in [2.24, 2.45) is 0 Å². The molecule has 0 saturated heterocycles. The molecule has 0 atom stereocenters. The average Bonchev–Trinajstić information content (AvgIpc) is 3.10. The van der Waals surface area contributed by atoms with Crippen LogP contribution in [-0.4, -0.2) is 20.9 Å². The van der Waals surface area contributed by atoms with E-state index in [9.17, 15) is 0 Å². The van der Waals surface area contributed by atoms with Crippen LogP contribution in [0.2, 0.25) is 0 Å². The molecule has 0 bridgehead atoms. The highest BCUT2D eigenvalue weighted by molar-refractivity contribution is 7.99. The zero-order valence-corrected chi connectivity index (χ0v) is 15.9. The number of hydrogen-bond donors (Lipinski definition) is 2. The minimum absolute atomic E-state index is 0.734. The number of aromatic nitrogens is 3. The van der Waals surface area contributed by atoms with Gasteiger partial charge in [0.05, 0.1) is 0 Å². The van der Waals surface area contributed by atoms with E-state index in [2.05, 4.69) is 52.7 Å². The van der Waals surface area contributed by atoms with Gasteiger partial charge in [0.15, 0.2) is 5.82 Å². The van der Waals surface area contributed by atoms with E-state index in [1.807, 2.05) is 43.3 Å². The molecule has 0 spiro atoms. The Morgan fingerprint density at radius 2 is 1.85 bits per heavy atom. The summed E-state index contributed by atoms with van der Waals surface area (Å²) in [4.78, 5) is 4.52. The maximum absolute atomic E-state index is 4.52. The van der Waals surface area contributed by atoms with Gasteiger partial charge >= 0.3 is 0 Å². The summed E-state index contributed by atoms with van der Waals surface area (Å²) >= 11 is 1.58. The van der Waals surface area contributed by atoms with Crippen molar-refractivity contribution in [2.75, 3.05) is 11.1 Å². The van der Waals surface area contributed by atoms with E-state index in [-0.39, 0.29) is 0 Å². The first-order valence-electron chi connectivity index (χ1n) is 8.35. The molecule has 2 aromatic carbocycles. The average molecular weight is 363 g/mol. The molecule has 0 aliphatic heterocycles. The van der Waals surface area contributed by atoms with Crippen LogP contribution in [0.4, 0.5) is 5.69 Å². The molecule has 132 valence electrons. The molecule has 0 aliphatic rings. The molecule has 0 saturated carbocycles. The minimum atomic E-state index is 0.734. The molecule has 2 N–H and O–H groups in total. The molecular weight excluding hydrogens is 340 g/mol. The number of nitrogens with zero attached hydrogens (tertiary/aromatic N) is 2. The smallest absolute Gasteiger partial charge is 0.209 e. The molecule has 0 aliphatic carbocycles. The highest BCUT2D eigenvalue weighted by Crippen LogP contribution is 2.24. The summed E-state index contributed by atoms with van der Waals surface area (Å²) in [6.07, 6.45) is 0. The second-order valence-corrected chi connectivity index (χ2v) is 7.15. The van der Waals surface area contributed by atoms with Crippen molar-refractivity contribution in [1.29, 1.82) is 0 Å². The quantitative estimate of drug-likeness (QED) is 0.428. The summed E-state index contributed by atoms with van der Waals surface area (Å²) in [5.74, 6) is 1.58. The van der Waals surface area contributed by atoms with E-state index in [4.69, 9.17) is 0 Å². The maximum Gasteiger partial charge on any atom is 0.209 e. The molecule has 5 heteroatoms. The Balaban J connectivity index is 1.68. The zero-order valence-electron chi connectivity index (χ0n) is 15.0. The number of thioether (sulfide) groups is 1. The Morgan fingerprint density at radius 1 is 1.12 bits per heavy atom. The van der Waals surface area contributed by atoms with E-state index in [1.165, 1.54) is 5.56 Å². The van der Waals surface area contributed by atoms with Crippen molar-refractivity contribution in [2.45, 2.75) is 19.0 Å². The van der Waals surface area contributed by atoms with E-state index in [0.29, 0.717) is 0 Å². The Labute approximate surface area is 158 Å². The SMILES string of the molecule is C=C(C)CSc1n[nH]c(-c2ccc(NC(=C)c3ccccc3C)cc2)n1. The van der Waals surface area contributed by atoms with Crippen LogP contribution in [-0.2, 0) is 0 Å². The summed E-state index contributed by atoms with van der Waals surface area (Å²) in [7, 11) is 0. The molecule has 26 heavy (non-hydrogen) atoms. The van der Waals surface area contributed by atoms with E-state index in [1.54, 1.807) is 11.8 Å². The predicted octanol–water partition coefficient (Wildman–Crippen LogP) is 5.53. The van der Waals surface area contributed by atoms with Crippen molar-refractivity contribution in [3.05, 3.63) is 78.4 Å². The lowest BCUT2D eigenvalue weighted by atomic mass is 10.1. The number of aryl methyl sites for hydroxylation is 1. The van der Waals surface area contributed by atoms with Gasteiger partial charge in [0.1, 0.15) is 0 Å². The number of nitrogens with one attached hydrogen (secondary N) is 2. The van der Waals surface area contributed by atoms with Gasteiger partial charge in [-0.25, -0.2) is 4.98 Å². The van der Waals surface area contributed by atoms with Gasteiger partial charge in [-0.2, -0.15) is 0 Å². The number of aromatic amines is 1. The summed E-state index contributed by atoms with van der Waals surface area (Å²) < 4.78 is 0. The second-order valence-electron chi connectivity index (χ2n) is 6.21. The highest BCUT2D eigenvalue weighted by atomic mass is 32.2. The van der Waals surface area contributed by atoms with Gasteiger partial charge in [0, 0.05) is 28.3 Å². The summed E-state index contributed by atoms with van der Waals surface area (Å²) in [6, 6.07) is 16.3. The Kier molecular flexibility index (Phi) is 5.58. The summed E-state index contributed by atoms with van der Waals surface area (Å²) in [5, 5.41) is 11.3. The normalized spacial score (nSPS) is 10.5. The van der Waals surface area contributed by atoms with E-state index in [0.717, 1.165) is 44.8 Å². The molecule has 0 fully saturated rings. The van der Waals surface area contributed by atoms with Crippen molar-refractivity contribution < 1.29 is 0 Å². The highest BCUT2D eigenvalue weighted by Gasteiger charge is 2.07. The lowest BCUT2D eigenvalue weighted by Crippen LogP contribution is -1.99. The van der Waals surface area contributed by atoms with Crippen LogP contribution in [0.25, 0.3) is 17.1 Å². The van der Waals surface area contributed by atoms with Crippen LogP contribution in [0, 0.1) is 6.92 Å². The fraction of sp³-hybridized carbons (Fsp3) is 0.143. The fourth-order valence-electron chi connectivity index (χ4n) is 2.49. The molecule has 0 radical (unpaired) electrons. The maximum atomic E-state index is 4.52. The largest absolute Gasteiger partial charge is 0.356 e. The minimum Gasteiger partial charge on any atom is -0.356 e. The number of hydrogen-bond acceptors (Lipinski definition) is 4. The molecule has 1 aromatic heterocycles. The Hall–Kier alpha value is -2.79. The molecule has 4 nitrogen and oxygen atoms in total. The number of H-pyrrole nitrogens is 1. The van der Waals surface area contributed by atoms with Crippen LogP contribution < -0.4 is 5.32 Å². The third-order valence-corrected chi connectivity index (χ3v) is 4.91. The van der Waals surface area contributed by atoms with Crippen LogP contribution in [0.15, 0.2) is 72.4 Å². The van der Waals surface area contributed by atoms with Crippen molar-refractivity contribution in [1.82, 2.24) is 15.2 Å². The van der Waals surface area contributed by atoms with Gasteiger partial charge in [-0.3, -0.25) is 5.10 Å². The van der Waals surface area contributed by atoms with Crippen LogP contribution >= 0.6 is 11.8 Å². The lowest BCUT2D eigenvalue weighted by Gasteiger charge is -2.12. The second kappa shape index (κ2) is 8.06. The third kappa shape index (κ3) is 4.43. The van der Waals surface area contributed by atoms with Crippen LogP contribution in [0.3, 0.4) is 0 Å². The Bertz CT molecular complexity index is 925. The van der Waals surface area contributed by atoms with Crippen molar-refractivity contribution in [3.63, 3.8) is 0 Å². The van der Waals surface area contributed by atoms with Gasteiger partial charge in [-0.15, -0.1) is 5.10 Å². The Morgan fingerprint density at radius 3 is 2.54 bits per heavy atom. The van der Waals surface area contributed by atoms with E-state index >= 15 is 0 Å². The molecule has 0 amide bonds. The number of anilines is 1. The molecular formula is C21H22N4S. The van der Waals surface area contributed by atoms with Gasteiger partial charge in [0.2, 0.25) is 5.16 Å². The summed E-state index contributed by atoms with van der Waals surface area (Å²) in [6.45, 7) is 12.1. The lowest BCUT2D eigenvalue weighted by molar-refractivity contribution is 0.974.